The van der Waals surface area contributed by atoms with Crippen molar-refractivity contribution < 1.29 is 38.2 Å². The molecule has 0 bridgehead atoms. The van der Waals surface area contributed by atoms with Crippen LogP contribution in [-0.2, 0) is 23.1 Å². The third-order valence-corrected chi connectivity index (χ3v) is 6.87. The number of phosphoric acid groups is 1. The molecule has 0 spiro atoms. The van der Waals surface area contributed by atoms with Crippen LogP contribution < -0.4 is 28.8 Å². The van der Waals surface area contributed by atoms with Crippen molar-refractivity contribution in [2.75, 3.05) is 18.9 Å². The van der Waals surface area contributed by atoms with Crippen LogP contribution in [-0.4, -0.2) is 71.8 Å². The third kappa shape index (κ3) is 6.40. The first-order valence-corrected chi connectivity index (χ1v) is 12.4. The second-order valence-corrected chi connectivity index (χ2v) is 9.81. The Hall–Kier alpha value is -2.73. The number of nitrogen functional groups attached to an aromatic ring is 1. The molecule has 0 radical (unpaired) electrons. The minimum absolute atomic E-state index is 0. The lowest BCUT2D eigenvalue weighted by atomic mass is 10.2. The highest BCUT2D eigenvalue weighted by Gasteiger charge is 2.43. The molecule has 2 aliphatic heterocycles. The molecule has 7 atom stereocenters. The summed E-state index contributed by atoms with van der Waals surface area (Å²) in [4.78, 5) is 51.6. The normalized spacial score (nSPS) is 29.1. The maximum atomic E-state index is 12.6. The fourth-order valence-electron chi connectivity index (χ4n) is 4.00. The van der Waals surface area contributed by atoms with Crippen molar-refractivity contribution in [1.82, 2.24) is 25.3 Å². The van der Waals surface area contributed by atoms with Crippen LogP contribution in [0.5, 0.6) is 0 Å². The largest absolute Gasteiger partial charge is 0.472 e. The lowest BCUT2D eigenvalue weighted by Crippen LogP contribution is -2.33. The number of hydrogen-bond donors (Lipinski definition) is 6. The first kappa shape index (κ1) is 28.8. The molecule has 2 unspecified atom stereocenters. The second-order valence-electron chi connectivity index (χ2n) is 8.41. The highest BCUT2D eigenvalue weighted by atomic mass is 31.2. The topological polar surface area (TPSA) is 265 Å². The van der Waals surface area contributed by atoms with Crippen LogP contribution in [0.3, 0.4) is 0 Å². The van der Waals surface area contributed by atoms with Crippen LogP contribution in [0.1, 0.15) is 30.9 Å². The number of aliphatic hydroxyl groups is 2. The molecule has 206 valence electrons. The standard InChI is InChI=1S/C19H26N5O11P.H3N/c1-9-6-24(19(29)22-17(9)27)15-4-10(26)13(34-15)8-32-36(30,31)35-11-5-16(33-12(11)7-25)23-3-2-14(20)21-18(23)28;/h2-3,6,10-13,15-16,25-26H,4-5,7-8H2,1H3,(H,30,31)(H2,20,21,28)(H,22,27,29);1H3/t10-,11+,12-,13?,15+,16-;/m1./s1. The van der Waals surface area contributed by atoms with Gasteiger partial charge in [0, 0.05) is 30.8 Å². The molecule has 18 heteroatoms. The maximum absolute atomic E-state index is 12.6. The molecule has 0 aromatic carbocycles. The molecule has 2 saturated heterocycles. The van der Waals surface area contributed by atoms with E-state index >= 15 is 0 Å². The van der Waals surface area contributed by atoms with Gasteiger partial charge < -0.3 is 36.5 Å². The summed E-state index contributed by atoms with van der Waals surface area (Å²) < 4.78 is 36.1. The van der Waals surface area contributed by atoms with Crippen molar-refractivity contribution in [3.63, 3.8) is 0 Å². The predicted molar refractivity (Wildman–Crippen MR) is 125 cm³/mol. The average molecular weight is 548 g/mol. The van der Waals surface area contributed by atoms with Crippen LogP contribution in [0.25, 0.3) is 0 Å². The number of nitrogens with zero attached hydrogens (tertiary/aromatic N) is 3. The number of hydrogen-bond acceptors (Lipinski definition) is 13. The number of phosphoric ester groups is 1. The van der Waals surface area contributed by atoms with Crippen LogP contribution in [0.15, 0.2) is 32.8 Å². The van der Waals surface area contributed by atoms with Gasteiger partial charge in [0.2, 0.25) is 0 Å². The van der Waals surface area contributed by atoms with Gasteiger partial charge in [-0.05, 0) is 13.0 Å². The van der Waals surface area contributed by atoms with E-state index in [9.17, 15) is 34.1 Å². The summed E-state index contributed by atoms with van der Waals surface area (Å²) in [6.07, 6.45) is -3.77. The molecule has 37 heavy (non-hydrogen) atoms. The fourth-order valence-corrected chi connectivity index (χ4v) is 4.96. The van der Waals surface area contributed by atoms with Crippen molar-refractivity contribution in [3.8, 4) is 0 Å². The average Bonchev–Trinajstić information content (AvgIpc) is 3.37. The monoisotopic (exact) mass is 548 g/mol. The van der Waals surface area contributed by atoms with E-state index in [0.29, 0.717) is 0 Å². The summed E-state index contributed by atoms with van der Waals surface area (Å²) in [6.45, 7) is 0.361. The number of ether oxygens (including phenoxy) is 2. The SMILES string of the molecule is Cc1cn([C@@H]2C[C@@H](O)C(COP(=O)(O)O[C@H]3C[C@H](n4ccc(N)nc4=O)O[C@@H]3CO)O2)c(=O)[nH]c1=O.N. The van der Waals surface area contributed by atoms with Crippen molar-refractivity contribution in [1.29, 1.82) is 0 Å². The molecule has 0 saturated carbocycles. The Morgan fingerprint density at radius 1 is 1.22 bits per heavy atom. The number of anilines is 1. The highest BCUT2D eigenvalue weighted by molar-refractivity contribution is 7.47. The molecule has 4 rings (SSSR count). The summed E-state index contributed by atoms with van der Waals surface area (Å²) in [5.74, 6) is 0.00753. The van der Waals surface area contributed by atoms with E-state index in [1.807, 2.05) is 0 Å². The predicted octanol–water partition coefficient (Wildman–Crippen LogP) is -1.72. The Morgan fingerprint density at radius 3 is 2.57 bits per heavy atom. The van der Waals surface area contributed by atoms with E-state index in [-0.39, 0.29) is 30.4 Å². The Morgan fingerprint density at radius 2 is 1.89 bits per heavy atom. The molecule has 4 heterocycles. The summed E-state index contributed by atoms with van der Waals surface area (Å²) in [6, 6.07) is 1.37. The van der Waals surface area contributed by atoms with Gasteiger partial charge in [-0.2, -0.15) is 4.98 Å². The number of rotatable bonds is 8. The Bertz CT molecular complexity index is 1330. The second kappa shape index (κ2) is 11.3. The molecule has 9 N–H and O–H groups in total. The molecule has 2 aromatic rings. The smallest absolute Gasteiger partial charge is 0.394 e. The van der Waals surface area contributed by atoms with Crippen LogP contribution >= 0.6 is 7.82 Å². The van der Waals surface area contributed by atoms with Gasteiger partial charge in [-0.15, -0.1) is 0 Å². The van der Waals surface area contributed by atoms with Gasteiger partial charge >= 0.3 is 19.2 Å². The van der Waals surface area contributed by atoms with E-state index in [1.54, 1.807) is 0 Å². The molecular weight excluding hydrogens is 519 g/mol. The van der Waals surface area contributed by atoms with Gasteiger partial charge in [0.1, 0.15) is 36.6 Å². The lowest BCUT2D eigenvalue weighted by Gasteiger charge is -2.22. The van der Waals surface area contributed by atoms with Crippen molar-refractivity contribution in [2.45, 2.75) is 56.6 Å². The zero-order chi connectivity index (χ0) is 26.2. The number of H-pyrrole nitrogens is 1. The van der Waals surface area contributed by atoms with Crippen LogP contribution in [0.4, 0.5) is 5.82 Å². The zero-order valence-electron chi connectivity index (χ0n) is 19.7. The summed E-state index contributed by atoms with van der Waals surface area (Å²) in [5.41, 5.74) is 3.73. The number of aromatic amines is 1. The Kier molecular flexibility index (Phi) is 8.84. The Labute approximate surface area is 208 Å². The molecule has 2 aromatic heterocycles. The lowest BCUT2D eigenvalue weighted by molar-refractivity contribution is -0.0575. The van der Waals surface area contributed by atoms with Crippen molar-refractivity contribution in [2.24, 2.45) is 0 Å². The first-order valence-electron chi connectivity index (χ1n) is 10.9. The van der Waals surface area contributed by atoms with Gasteiger partial charge in [-0.25, -0.2) is 14.2 Å². The summed E-state index contributed by atoms with van der Waals surface area (Å²) in [7, 11) is -4.75. The molecule has 2 aliphatic rings. The highest BCUT2D eigenvalue weighted by Crippen LogP contribution is 2.48. The van der Waals surface area contributed by atoms with Crippen LogP contribution in [0.2, 0.25) is 0 Å². The maximum Gasteiger partial charge on any atom is 0.472 e. The van der Waals surface area contributed by atoms with Gasteiger partial charge in [-0.1, -0.05) is 0 Å². The van der Waals surface area contributed by atoms with Crippen LogP contribution in [0, 0.1) is 6.92 Å². The van der Waals surface area contributed by atoms with Crippen molar-refractivity contribution in [3.05, 3.63) is 55.3 Å². The van der Waals surface area contributed by atoms with Gasteiger partial charge in [0.05, 0.1) is 19.3 Å². The van der Waals surface area contributed by atoms with E-state index < -0.39 is 74.8 Å². The molecule has 0 amide bonds. The molecular formula is C19H29N6O11P. The number of nitrogens with two attached hydrogens (primary N) is 1. The van der Waals surface area contributed by atoms with E-state index in [4.69, 9.17) is 24.3 Å². The summed E-state index contributed by atoms with van der Waals surface area (Å²) in [5, 5.41) is 19.9. The van der Waals surface area contributed by atoms with Gasteiger partial charge in [0.15, 0.2) is 0 Å². The Balaban J connectivity index is 0.00000380. The fraction of sp³-hybridized carbons (Fsp3) is 0.579. The van der Waals surface area contributed by atoms with E-state index in [1.165, 1.54) is 25.4 Å². The number of nitrogens with one attached hydrogen (secondary N) is 1. The van der Waals surface area contributed by atoms with Gasteiger partial charge in [-0.3, -0.25) is 28.0 Å². The zero-order valence-corrected chi connectivity index (χ0v) is 20.6. The number of aryl methyl sites for hydroxylation is 1. The first-order chi connectivity index (χ1) is 17.0. The van der Waals surface area contributed by atoms with E-state index in [2.05, 4.69) is 9.97 Å². The van der Waals surface area contributed by atoms with E-state index in [0.717, 1.165) is 9.13 Å². The summed E-state index contributed by atoms with van der Waals surface area (Å²) >= 11 is 0. The van der Waals surface area contributed by atoms with Gasteiger partial charge in [0.25, 0.3) is 5.56 Å². The molecule has 17 nitrogen and oxygen atoms in total. The number of aromatic nitrogens is 4. The quantitative estimate of drug-likeness (QED) is 0.200. The minimum Gasteiger partial charge on any atom is -0.394 e. The third-order valence-electron chi connectivity index (χ3n) is 5.85. The van der Waals surface area contributed by atoms with Crippen molar-refractivity contribution >= 4 is 13.6 Å². The molecule has 0 aliphatic carbocycles. The molecule has 2 fully saturated rings. The number of aliphatic hydroxyl groups excluding tert-OH is 2. The minimum atomic E-state index is -4.75.